The summed E-state index contributed by atoms with van der Waals surface area (Å²) >= 11 is 6.22. The molecule has 0 spiro atoms. The van der Waals surface area contributed by atoms with Crippen LogP contribution in [0, 0.1) is 13.8 Å². The van der Waals surface area contributed by atoms with E-state index in [0.29, 0.717) is 12.2 Å². The van der Waals surface area contributed by atoms with Crippen molar-refractivity contribution >= 4 is 32.5 Å². The predicted molar refractivity (Wildman–Crippen MR) is 122 cm³/mol. The van der Waals surface area contributed by atoms with Crippen LogP contribution in [-0.2, 0) is 21.3 Å². The molecule has 2 heterocycles. The molecule has 0 bridgehead atoms. The van der Waals surface area contributed by atoms with Gasteiger partial charge in [0.1, 0.15) is 4.90 Å². The van der Waals surface area contributed by atoms with Crippen LogP contribution in [0.5, 0.6) is 0 Å². The molecule has 1 aliphatic rings. The SMILES string of the molecule is Cc1ccc(C)c2[nH]c(=O)c(CN(C[C@@H]3CCCO3)S(=O)(=O)c3ccccc3Cl)cc12. The number of sulfonamides is 1. The van der Waals surface area contributed by atoms with Gasteiger partial charge in [-0.2, -0.15) is 4.31 Å². The Morgan fingerprint density at radius 2 is 1.90 bits per heavy atom. The summed E-state index contributed by atoms with van der Waals surface area (Å²) in [6.45, 7) is 4.61. The third kappa shape index (κ3) is 4.41. The molecule has 3 aromatic rings. The van der Waals surface area contributed by atoms with Crippen molar-refractivity contribution in [2.75, 3.05) is 13.2 Å². The lowest BCUT2D eigenvalue weighted by molar-refractivity contribution is 0.0925. The second kappa shape index (κ2) is 8.74. The Morgan fingerprint density at radius 3 is 2.61 bits per heavy atom. The fourth-order valence-electron chi connectivity index (χ4n) is 3.98. The molecular formula is C23H25ClN2O4S. The quantitative estimate of drug-likeness (QED) is 0.598. The van der Waals surface area contributed by atoms with Gasteiger partial charge in [-0.15, -0.1) is 0 Å². The monoisotopic (exact) mass is 460 g/mol. The Labute approximate surface area is 186 Å². The van der Waals surface area contributed by atoms with Gasteiger partial charge in [0.2, 0.25) is 10.0 Å². The second-order valence-electron chi connectivity index (χ2n) is 7.97. The average molecular weight is 461 g/mol. The zero-order chi connectivity index (χ0) is 22.2. The molecule has 0 amide bonds. The Bertz CT molecular complexity index is 1280. The van der Waals surface area contributed by atoms with Crippen LogP contribution in [0.4, 0.5) is 0 Å². The van der Waals surface area contributed by atoms with Crippen molar-refractivity contribution in [3.05, 3.63) is 74.5 Å². The number of rotatable bonds is 6. The third-order valence-electron chi connectivity index (χ3n) is 5.75. The molecule has 1 aliphatic heterocycles. The summed E-state index contributed by atoms with van der Waals surface area (Å²) < 4.78 is 34.0. The van der Waals surface area contributed by atoms with Crippen molar-refractivity contribution in [1.29, 1.82) is 0 Å². The van der Waals surface area contributed by atoms with Crippen LogP contribution in [0.25, 0.3) is 10.9 Å². The van der Waals surface area contributed by atoms with E-state index in [1.807, 2.05) is 26.0 Å². The fraction of sp³-hybridized carbons (Fsp3) is 0.348. The van der Waals surface area contributed by atoms with E-state index >= 15 is 0 Å². The van der Waals surface area contributed by atoms with Crippen LogP contribution in [0.3, 0.4) is 0 Å². The standard InChI is InChI=1S/C23H25ClN2O4S/c1-15-9-10-16(2)22-19(15)12-17(23(27)25-22)13-26(14-18-6-5-11-30-18)31(28,29)21-8-4-3-7-20(21)24/h3-4,7-10,12,18H,5-6,11,13-14H2,1-2H3,(H,25,27)/t18-/m0/s1. The molecule has 0 unspecified atom stereocenters. The molecule has 4 rings (SSSR count). The first kappa shape index (κ1) is 22.0. The van der Waals surface area contributed by atoms with Crippen molar-refractivity contribution in [2.45, 2.75) is 44.2 Å². The third-order valence-corrected chi connectivity index (χ3v) is 8.06. The number of aryl methyl sites for hydroxylation is 2. The number of hydrogen-bond acceptors (Lipinski definition) is 4. The molecule has 6 nitrogen and oxygen atoms in total. The number of aromatic nitrogens is 1. The molecule has 0 aliphatic carbocycles. The van der Waals surface area contributed by atoms with E-state index in [4.69, 9.17) is 16.3 Å². The molecule has 0 saturated carbocycles. The minimum atomic E-state index is -3.94. The van der Waals surface area contributed by atoms with Crippen molar-refractivity contribution in [2.24, 2.45) is 0 Å². The number of aromatic amines is 1. The van der Waals surface area contributed by atoms with E-state index in [-0.39, 0.29) is 34.7 Å². The van der Waals surface area contributed by atoms with Crippen molar-refractivity contribution in [3.63, 3.8) is 0 Å². The molecule has 1 N–H and O–H groups in total. The number of halogens is 1. The number of pyridine rings is 1. The van der Waals surface area contributed by atoms with Crippen LogP contribution in [0.15, 0.2) is 52.2 Å². The van der Waals surface area contributed by atoms with Gasteiger partial charge in [0, 0.05) is 30.6 Å². The number of fused-ring (bicyclic) bond motifs is 1. The molecule has 8 heteroatoms. The van der Waals surface area contributed by atoms with Gasteiger partial charge < -0.3 is 9.72 Å². The number of H-pyrrole nitrogens is 1. The molecule has 1 atom stereocenters. The summed E-state index contributed by atoms with van der Waals surface area (Å²) in [7, 11) is -3.94. The number of hydrogen-bond donors (Lipinski definition) is 1. The smallest absolute Gasteiger partial charge is 0.252 e. The number of nitrogens with zero attached hydrogens (tertiary/aromatic N) is 1. The van der Waals surface area contributed by atoms with Crippen LogP contribution >= 0.6 is 11.6 Å². The number of nitrogens with one attached hydrogen (secondary N) is 1. The molecule has 2 aromatic carbocycles. The van der Waals surface area contributed by atoms with Gasteiger partial charge in [-0.3, -0.25) is 4.79 Å². The van der Waals surface area contributed by atoms with Gasteiger partial charge in [-0.05, 0) is 56.0 Å². The lowest BCUT2D eigenvalue weighted by atomic mass is 10.0. The second-order valence-corrected chi connectivity index (χ2v) is 10.3. The molecular weight excluding hydrogens is 436 g/mol. The molecule has 164 valence electrons. The summed E-state index contributed by atoms with van der Waals surface area (Å²) in [5.74, 6) is 0. The Balaban J connectivity index is 1.78. The van der Waals surface area contributed by atoms with E-state index < -0.39 is 10.0 Å². The summed E-state index contributed by atoms with van der Waals surface area (Å²) in [4.78, 5) is 15.8. The van der Waals surface area contributed by atoms with Crippen LogP contribution in [0.1, 0.15) is 29.5 Å². The minimum absolute atomic E-state index is 0.0268. The zero-order valence-electron chi connectivity index (χ0n) is 17.5. The van der Waals surface area contributed by atoms with Crippen LogP contribution in [-0.4, -0.2) is 37.0 Å². The highest BCUT2D eigenvalue weighted by Gasteiger charge is 2.31. The summed E-state index contributed by atoms with van der Waals surface area (Å²) in [5.41, 5.74) is 2.83. The maximum Gasteiger partial charge on any atom is 0.252 e. The van der Waals surface area contributed by atoms with E-state index in [0.717, 1.165) is 34.9 Å². The molecule has 0 radical (unpaired) electrons. The van der Waals surface area contributed by atoms with Gasteiger partial charge in [-0.25, -0.2) is 8.42 Å². The minimum Gasteiger partial charge on any atom is -0.377 e. The van der Waals surface area contributed by atoms with Gasteiger partial charge in [0.05, 0.1) is 16.6 Å². The Morgan fingerprint density at radius 1 is 1.16 bits per heavy atom. The van der Waals surface area contributed by atoms with E-state index in [1.165, 1.54) is 10.4 Å². The van der Waals surface area contributed by atoms with Crippen LogP contribution < -0.4 is 5.56 Å². The molecule has 1 fully saturated rings. The van der Waals surface area contributed by atoms with Crippen molar-refractivity contribution < 1.29 is 13.2 Å². The van der Waals surface area contributed by atoms with Crippen molar-refractivity contribution in [3.8, 4) is 0 Å². The van der Waals surface area contributed by atoms with Gasteiger partial charge >= 0.3 is 0 Å². The van der Waals surface area contributed by atoms with Crippen molar-refractivity contribution in [1.82, 2.24) is 9.29 Å². The first-order valence-electron chi connectivity index (χ1n) is 10.3. The lowest BCUT2D eigenvalue weighted by Gasteiger charge is -2.25. The highest BCUT2D eigenvalue weighted by molar-refractivity contribution is 7.89. The largest absolute Gasteiger partial charge is 0.377 e. The zero-order valence-corrected chi connectivity index (χ0v) is 19.1. The lowest BCUT2D eigenvalue weighted by Crippen LogP contribution is -2.38. The topological polar surface area (TPSA) is 79.5 Å². The maximum atomic E-state index is 13.5. The van der Waals surface area contributed by atoms with E-state index in [2.05, 4.69) is 4.98 Å². The van der Waals surface area contributed by atoms with Crippen LogP contribution in [0.2, 0.25) is 5.02 Å². The first-order valence-corrected chi connectivity index (χ1v) is 12.1. The van der Waals surface area contributed by atoms with E-state index in [9.17, 15) is 13.2 Å². The van der Waals surface area contributed by atoms with E-state index in [1.54, 1.807) is 24.3 Å². The molecule has 1 saturated heterocycles. The average Bonchev–Trinajstić information content (AvgIpc) is 3.24. The Kier molecular flexibility index (Phi) is 6.21. The van der Waals surface area contributed by atoms with Gasteiger partial charge in [-0.1, -0.05) is 35.9 Å². The van der Waals surface area contributed by atoms with Gasteiger partial charge in [0.15, 0.2) is 0 Å². The normalized spacial score (nSPS) is 17.0. The Hall–Kier alpha value is -2.19. The summed E-state index contributed by atoms with van der Waals surface area (Å²) in [6.07, 6.45) is 1.46. The summed E-state index contributed by atoms with van der Waals surface area (Å²) in [6, 6.07) is 12.1. The predicted octanol–water partition coefficient (Wildman–Crippen LogP) is 4.17. The molecule has 1 aromatic heterocycles. The highest BCUT2D eigenvalue weighted by Crippen LogP contribution is 2.27. The number of benzene rings is 2. The number of ether oxygens (including phenoxy) is 1. The molecule has 31 heavy (non-hydrogen) atoms. The fourth-order valence-corrected chi connectivity index (χ4v) is 5.92. The highest BCUT2D eigenvalue weighted by atomic mass is 35.5. The summed E-state index contributed by atoms with van der Waals surface area (Å²) in [5, 5.41) is 1.06. The maximum absolute atomic E-state index is 13.5. The van der Waals surface area contributed by atoms with Gasteiger partial charge in [0.25, 0.3) is 5.56 Å². The first-order chi connectivity index (χ1) is 14.8.